The van der Waals surface area contributed by atoms with E-state index in [1.807, 2.05) is 61.5 Å². The average Bonchev–Trinajstić information content (AvgIpc) is 3.23. The number of carboxylic acids is 1. The van der Waals surface area contributed by atoms with Gasteiger partial charge < -0.3 is 10.0 Å². The summed E-state index contributed by atoms with van der Waals surface area (Å²) in [7, 11) is 0. The van der Waals surface area contributed by atoms with Crippen molar-refractivity contribution in [2.24, 2.45) is 4.99 Å². The number of fused-ring (bicyclic) bond motifs is 1. The van der Waals surface area contributed by atoms with Crippen LogP contribution in [0.25, 0.3) is 32.6 Å². The van der Waals surface area contributed by atoms with Crippen molar-refractivity contribution in [3.8, 4) is 22.4 Å². The van der Waals surface area contributed by atoms with E-state index in [4.69, 9.17) is 9.98 Å². The minimum absolute atomic E-state index is 0.218. The summed E-state index contributed by atoms with van der Waals surface area (Å²) in [6.07, 6.45) is 3.48. The Hall–Kier alpha value is -2.55. The number of hydrogen-bond acceptors (Lipinski definition) is 4. The van der Waals surface area contributed by atoms with Gasteiger partial charge in [0.1, 0.15) is 21.2 Å². The molecular formula is C27H23Br2N3O2S. The van der Waals surface area contributed by atoms with Crippen molar-refractivity contribution < 1.29 is 9.90 Å². The quantitative estimate of drug-likeness (QED) is 0.186. The number of pyridine rings is 1. The number of aromatic nitrogens is 1. The molecule has 0 saturated carbocycles. The first kappa shape index (κ1) is 24.2. The number of halogens is 2. The lowest BCUT2D eigenvalue weighted by molar-refractivity contribution is 0.0703. The Bertz CT molecular complexity index is 1420. The third-order valence-electron chi connectivity index (χ3n) is 6.21. The van der Waals surface area contributed by atoms with Crippen LogP contribution < -0.4 is 0 Å². The van der Waals surface area contributed by atoms with Gasteiger partial charge in [-0.3, -0.25) is 0 Å². The lowest BCUT2D eigenvalue weighted by Gasteiger charge is -2.28. The summed E-state index contributed by atoms with van der Waals surface area (Å²) in [6.45, 7) is 3.88. The average molecular weight is 613 g/mol. The van der Waals surface area contributed by atoms with Gasteiger partial charge in [0.25, 0.3) is 0 Å². The number of carbonyl (C=O) groups is 1. The first-order valence-corrected chi connectivity index (χ1v) is 13.8. The molecule has 1 aliphatic rings. The first-order chi connectivity index (χ1) is 16.9. The van der Waals surface area contributed by atoms with Gasteiger partial charge in [0.15, 0.2) is 0 Å². The predicted octanol–water partition coefficient (Wildman–Crippen LogP) is 8.39. The molecule has 4 aromatic rings. The molecule has 178 valence electrons. The molecule has 1 N–H and O–H groups in total. The highest BCUT2D eigenvalue weighted by Crippen LogP contribution is 2.44. The summed E-state index contributed by atoms with van der Waals surface area (Å²) < 4.78 is 1.97. The van der Waals surface area contributed by atoms with Crippen LogP contribution in [0.2, 0.25) is 0 Å². The van der Waals surface area contributed by atoms with Crippen molar-refractivity contribution in [3.05, 3.63) is 68.4 Å². The third-order valence-corrected chi connectivity index (χ3v) is 8.33. The molecule has 2 aromatic heterocycles. The molecule has 1 saturated heterocycles. The molecule has 5 nitrogen and oxygen atoms in total. The third kappa shape index (κ3) is 5.06. The van der Waals surface area contributed by atoms with Gasteiger partial charge >= 0.3 is 5.97 Å². The molecule has 2 aromatic carbocycles. The highest BCUT2D eigenvalue weighted by Gasteiger charge is 2.24. The number of piperidine rings is 1. The smallest absolute Gasteiger partial charge is 0.348 e. The van der Waals surface area contributed by atoms with Gasteiger partial charge in [-0.15, -0.1) is 11.3 Å². The van der Waals surface area contributed by atoms with Gasteiger partial charge in [-0.1, -0.05) is 56.1 Å². The summed E-state index contributed by atoms with van der Waals surface area (Å²) in [4.78, 5) is 25.3. The van der Waals surface area contributed by atoms with Crippen molar-refractivity contribution in [1.29, 1.82) is 0 Å². The second-order valence-electron chi connectivity index (χ2n) is 8.54. The number of aliphatic imine (C=N–C) groups is 1. The molecule has 0 spiro atoms. The van der Waals surface area contributed by atoms with Crippen molar-refractivity contribution in [1.82, 2.24) is 9.88 Å². The van der Waals surface area contributed by atoms with Crippen molar-refractivity contribution in [3.63, 3.8) is 0 Å². The molecule has 0 unspecified atom stereocenters. The second kappa shape index (κ2) is 10.2. The Morgan fingerprint density at radius 3 is 2.17 bits per heavy atom. The maximum Gasteiger partial charge on any atom is 0.348 e. The molecule has 0 amide bonds. The molecule has 3 heterocycles. The fourth-order valence-corrected chi connectivity index (χ4v) is 5.92. The number of likely N-dealkylation sites (tertiary alicyclic amines) is 1. The Morgan fingerprint density at radius 2 is 1.57 bits per heavy atom. The zero-order valence-corrected chi connectivity index (χ0v) is 23.1. The molecule has 1 aliphatic heterocycles. The van der Waals surface area contributed by atoms with E-state index in [-0.39, 0.29) is 4.88 Å². The van der Waals surface area contributed by atoms with Gasteiger partial charge in [0, 0.05) is 33.0 Å². The minimum atomic E-state index is -0.981. The molecule has 0 aliphatic carbocycles. The van der Waals surface area contributed by atoms with E-state index in [0.29, 0.717) is 10.5 Å². The molecule has 35 heavy (non-hydrogen) atoms. The van der Waals surface area contributed by atoms with Crippen LogP contribution in [-0.4, -0.2) is 39.9 Å². The SMILES string of the molecule is CC(=Nc1c(C(=O)O)sc2nc(-c3ccc(Br)cc3)cc(-c3ccc(Br)cc3)c12)N1CCCCC1. The standard InChI is InChI=1S/C27H23Br2N3O2S/c1-16(32-13-3-2-4-14-32)30-24-23-21(17-5-9-19(28)10-6-17)15-22(18-7-11-20(29)12-8-18)31-26(23)35-25(24)27(33)34/h5-12,15H,2-4,13-14H2,1H3,(H,33,34). The van der Waals surface area contributed by atoms with E-state index < -0.39 is 5.97 Å². The van der Waals surface area contributed by atoms with E-state index in [1.54, 1.807) is 0 Å². The van der Waals surface area contributed by atoms with Gasteiger partial charge in [-0.25, -0.2) is 14.8 Å². The van der Waals surface area contributed by atoms with Crippen LogP contribution in [0.3, 0.4) is 0 Å². The fourth-order valence-electron chi connectivity index (χ4n) is 4.41. The van der Waals surface area contributed by atoms with E-state index >= 15 is 0 Å². The number of carboxylic acid groups (broad SMARTS) is 1. The number of hydrogen-bond donors (Lipinski definition) is 1. The van der Waals surface area contributed by atoms with Crippen LogP contribution >= 0.6 is 43.2 Å². The van der Waals surface area contributed by atoms with Crippen LogP contribution in [0.5, 0.6) is 0 Å². The van der Waals surface area contributed by atoms with Crippen LogP contribution in [0.1, 0.15) is 35.9 Å². The van der Waals surface area contributed by atoms with Crippen LogP contribution in [0.4, 0.5) is 5.69 Å². The molecule has 5 rings (SSSR count). The highest BCUT2D eigenvalue weighted by molar-refractivity contribution is 9.10. The zero-order chi connectivity index (χ0) is 24.5. The van der Waals surface area contributed by atoms with E-state index in [1.165, 1.54) is 17.8 Å². The Morgan fingerprint density at radius 1 is 0.971 bits per heavy atom. The maximum atomic E-state index is 12.3. The second-order valence-corrected chi connectivity index (χ2v) is 11.4. The van der Waals surface area contributed by atoms with Crippen LogP contribution in [-0.2, 0) is 0 Å². The van der Waals surface area contributed by atoms with E-state index in [9.17, 15) is 9.90 Å². The van der Waals surface area contributed by atoms with E-state index in [0.717, 1.165) is 68.5 Å². The summed E-state index contributed by atoms with van der Waals surface area (Å²) >= 11 is 8.20. The Labute approximate surface area is 224 Å². The Kier molecular flexibility index (Phi) is 7.05. The van der Waals surface area contributed by atoms with Gasteiger partial charge in [0.05, 0.1) is 5.69 Å². The normalized spacial score (nSPS) is 14.5. The molecular weight excluding hydrogens is 590 g/mol. The minimum Gasteiger partial charge on any atom is -0.477 e. The molecule has 0 bridgehead atoms. The fraction of sp³-hybridized carbons (Fsp3) is 0.222. The molecule has 0 atom stereocenters. The summed E-state index contributed by atoms with van der Waals surface area (Å²) in [5.41, 5.74) is 4.17. The monoisotopic (exact) mass is 611 g/mol. The van der Waals surface area contributed by atoms with Crippen molar-refractivity contribution in [2.75, 3.05) is 13.1 Å². The highest BCUT2D eigenvalue weighted by atomic mass is 79.9. The molecule has 1 fully saturated rings. The Balaban J connectivity index is 1.77. The van der Waals surface area contributed by atoms with Gasteiger partial charge in [-0.2, -0.15) is 0 Å². The zero-order valence-electron chi connectivity index (χ0n) is 19.1. The number of nitrogens with zero attached hydrogens (tertiary/aromatic N) is 3. The predicted molar refractivity (Wildman–Crippen MR) is 151 cm³/mol. The summed E-state index contributed by atoms with van der Waals surface area (Å²) in [6, 6.07) is 18.1. The molecule has 8 heteroatoms. The van der Waals surface area contributed by atoms with Crippen molar-refractivity contribution in [2.45, 2.75) is 26.2 Å². The largest absolute Gasteiger partial charge is 0.477 e. The van der Waals surface area contributed by atoms with Crippen LogP contribution in [0, 0.1) is 0 Å². The van der Waals surface area contributed by atoms with E-state index in [2.05, 4.69) is 36.8 Å². The number of aromatic carboxylic acids is 1. The topological polar surface area (TPSA) is 65.8 Å². The van der Waals surface area contributed by atoms with Gasteiger partial charge in [0.2, 0.25) is 0 Å². The lowest BCUT2D eigenvalue weighted by Crippen LogP contribution is -2.33. The summed E-state index contributed by atoms with van der Waals surface area (Å²) in [5.74, 6) is -0.129. The molecule has 0 radical (unpaired) electrons. The lowest BCUT2D eigenvalue weighted by atomic mass is 9.99. The number of thiophene rings is 1. The van der Waals surface area contributed by atoms with Crippen LogP contribution in [0.15, 0.2) is 68.5 Å². The summed E-state index contributed by atoms with van der Waals surface area (Å²) in [5, 5.41) is 10.9. The number of rotatable bonds is 4. The van der Waals surface area contributed by atoms with Gasteiger partial charge in [-0.05, 0) is 67.6 Å². The maximum absolute atomic E-state index is 12.3. The first-order valence-electron chi connectivity index (χ1n) is 11.4. The number of amidine groups is 1. The number of benzene rings is 2. The van der Waals surface area contributed by atoms with Crippen molar-refractivity contribution >= 4 is 70.9 Å².